The molecular weight excluding hydrogens is 196 g/mol. The van der Waals surface area contributed by atoms with E-state index in [2.05, 4.69) is 12.1 Å². The largest absolute Gasteiger partial charge is 0.493 e. The molecule has 0 aromatic heterocycles. The molecule has 2 heteroatoms. The van der Waals surface area contributed by atoms with E-state index in [0.717, 1.165) is 16.8 Å². The van der Waals surface area contributed by atoms with Gasteiger partial charge in [-0.15, -0.1) is 0 Å². The van der Waals surface area contributed by atoms with Gasteiger partial charge in [0, 0.05) is 18.2 Å². The van der Waals surface area contributed by atoms with Crippen LogP contribution in [0.2, 0.25) is 0 Å². The van der Waals surface area contributed by atoms with Crippen LogP contribution in [0.1, 0.15) is 0 Å². The van der Waals surface area contributed by atoms with Gasteiger partial charge in [0.1, 0.15) is 0 Å². The van der Waals surface area contributed by atoms with Crippen LogP contribution >= 0.6 is 0 Å². The van der Waals surface area contributed by atoms with Crippen LogP contribution < -0.4 is 4.70 Å². The number of hydrogen-bond acceptors (Lipinski definition) is 0. The monoisotopic (exact) mass is 204 g/mol. The Morgan fingerprint density at radius 2 is 1.62 bits per heavy atom. The second-order valence-corrected chi connectivity index (χ2v) is 4.16. The molecule has 0 amide bonds. The van der Waals surface area contributed by atoms with E-state index in [9.17, 15) is 5.53 Å². The van der Waals surface area contributed by atoms with Crippen molar-refractivity contribution in [3.63, 3.8) is 0 Å². The summed E-state index contributed by atoms with van der Waals surface area (Å²) in [5.74, 6) is 0. The SMILES string of the molecule is [N-]=[N+]1c2ccc3cc1c1ccccc1c3c2. The van der Waals surface area contributed by atoms with Gasteiger partial charge in [0.25, 0.3) is 0 Å². The third kappa shape index (κ3) is 0.784. The normalized spacial score (nSPS) is 13.1. The highest BCUT2D eigenvalue weighted by atomic mass is 15.2. The molecule has 16 heavy (non-hydrogen) atoms. The van der Waals surface area contributed by atoms with E-state index < -0.39 is 0 Å². The summed E-state index contributed by atoms with van der Waals surface area (Å²) in [4.78, 5) is 0. The molecule has 0 unspecified atom stereocenters. The smallest absolute Gasteiger partial charge is 0.208 e. The zero-order valence-corrected chi connectivity index (χ0v) is 8.51. The van der Waals surface area contributed by atoms with Crippen molar-refractivity contribution in [2.45, 2.75) is 0 Å². The van der Waals surface area contributed by atoms with Crippen LogP contribution in [0.4, 0.5) is 11.4 Å². The van der Waals surface area contributed by atoms with Crippen molar-refractivity contribution in [3.05, 3.63) is 54.1 Å². The first kappa shape index (κ1) is 7.99. The lowest BCUT2D eigenvalue weighted by Crippen LogP contribution is -1.93. The molecule has 0 N–H and O–H groups in total. The first-order valence-electron chi connectivity index (χ1n) is 5.29. The van der Waals surface area contributed by atoms with Gasteiger partial charge in [0.2, 0.25) is 11.4 Å². The molecule has 4 bridgehead atoms. The molecule has 6 rings (SSSR count). The second kappa shape index (κ2) is 2.47. The zero-order valence-electron chi connectivity index (χ0n) is 8.51. The molecule has 3 aliphatic heterocycles. The molecule has 3 aromatic carbocycles. The minimum Gasteiger partial charge on any atom is -0.493 e. The molecule has 74 valence electrons. The molecule has 0 fully saturated rings. The summed E-state index contributed by atoms with van der Waals surface area (Å²) < 4.78 is 1.27. The maximum Gasteiger partial charge on any atom is 0.208 e. The Hall–Kier alpha value is -2.22. The van der Waals surface area contributed by atoms with E-state index in [1.165, 1.54) is 20.9 Å². The molecule has 0 spiro atoms. The Kier molecular flexibility index (Phi) is 1.24. The minimum absolute atomic E-state index is 0.832. The third-order valence-electron chi connectivity index (χ3n) is 3.30. The summed E-state index contributed by atoms with van der Waals surface area (Å²) in [5, 5.41) is 4.68. The maximum atomic E-state index is 10.1. The fraction of sp³-hybridized carbons (Fsp3) is 0. The van der Waals surface area contributed by atoms with E-state index in [0.29, 0.717) is 0 Å². The Balaban J connectivity index is 2.45. The van der Waals surface area contributed by atoms with Gasteiger partial charge < -0.3 is 5.53 Å². The third-order valence-corrected chi connectivity index (χ3v) is 3.30. The van der Waals surface area contributed by atoms with Gasteiger partial charge in [-0.25, -0.2) is 4.70 Å². The Bertz CT molecular complexity index is 772. The van der Waals surface area contributed by atoms with Gasteiger partial charge >= 0.3 is 0 Å². The van der Waals surface area contributed by atoms with Gasteiger partial charge in [0.05, 0.1) is 5.39 Å². The highest BCUT2D eigenvalue weighted by molar-refractivity contribution is 6.14. The first-order valence-corrected chi connectivity index (χ1v) is 5.29. The van der Waals surface area contributed by atoms with Gasteiger partial charge in [-0.2, -0.15) is 0 Å². The topological polar surface area (TPSA) is 25.3 Å². The van der Waals surface area contributed by atoms with Gasteiger partial charge in [-0.1, -0.05) is 18.2 Å². The molecule has 0 saturated heterocycles. The minimum atomic E-state index is 0.832. The number of rotatable bonds is 0. The van der Waals surface area contributed by atoms with Crippen molar-refractivity contribution in [2.75, 3.05) is 0 Å². The van der Waals surface area contributed by atoms with Gasteiger partial charge in [0.15, 0.2) is 0 Å². The van der Waals surface area contributed by atoms with E-state index >= 15 is 0 Å². The van der Waals surface area contributed by atoms with Crippen molar-refractivity contribution in [2.24, 2.45) is 0 Å². The van der Waals surface area contributed by atoms with Crippen molar-refractivity contribution >= 4 is 32.9 Å². The van der Waals surface area contributed by atoms with Crippen LogP contribution in [0.25, 0.3) is 27.1 Å². The van der Waals surface area contributed by atoms with Crippen molar-refractivity contribution in [1.82, 2.24) is 4.70 Å². The first-order chi connectivity index (χ1) is 7.84. The van der Waals surface area contributed by atoms with Crippen LogP contribution in [0, 0.1) is 0 Å². The van der Waals surface area contributed by atoms with E-state index in [-0.39, 0.29) is 0 Å². The quantitative estimate of drug-likeness (QED) is 0.303. The number of fused-ring (bicyclic) bond motifs is 1. The molecule has 0 aliphatic carbocycles. The average molecular weight is 204 g/mol. The molecular formula is C14H8N2. The van der Waals surface area contributed by atoms with E-state index in [1.54, 1.807) is 0 Å². The fourth-order valence-electron chi connectivity index (χ4n) is 2.52. The van der Waals surface area contributed by atoms with Gasteiger partial charge in [-0.05, 0) is 28.3 Å². The zero-order chi connectivity index (χ0) is 10.7. The van der Waals surface area contributed by atoms with E-state index in [1.807, 2.05) is 36.4 Å². The van der Waals surface area contributed by atoms with Crippen LogP contribution in [-0.2, 0) is 0 Å². The highest BCUT2D eigenvalue weighted by Gasteiger charge is 2.19. The van der Waals surface area contributed by atoms with Crippen LogP contribution in [0.3, 0.4) is 0 Å². The van der Waals surface area contributed by atoms with Crippen LogP contribution in [0.5, 0.6) is 0 Å². The Labute approximate surface area is 92.2 Å². The maximum absolute atomic E-state index is 10.1. The lowest BCUT2D eigenvalue weighted by atomic mass is 10.0. The predicted molar refractivity (Wildman–Crippen MR) is 66.3 cm³/mol. The highest BCUT2D eigenvalue weighted by Crippen LogP contribution is 2.40. The summed E-state index contributed by atoms with van der Waals surface area (Å²) in [7, 11) is 0. The number of nitrogens with zero attached hydrogens (tertiary/aromatic N) is 2. The summed E-state index contributed by atoms with van der Waals surface area (Å²) in [6.07, 6.45) is 0. The predicted octanol–water partition coefficient (Wildman–Crippen LogP) is 4.16. The molecule has 0 saturated carbocycles. The molecule has 3 aromatic rings. The molecule has 0 radical (unpaired) electrons. The lowest BCUT2D eigenvalue weighted by molar-refractivity contribution is 1.08. The number of hydrogen-bond donors (Lipinski definition) is 0. The summed E-state index contributed by atoms with van der Waals surface area (Å²) in [6, 6.07) is 16.2. The van der Waals surface area contributed by atoms with Crippen molar-refractivity contribution in [1.29, 1.82) is 0 Å². The fourth-order valence-corrected chi connectivity index (χ4v) is 2.52. The summed E-state index contributed by atoms with van der Waals surface area (Å²) in [6.45, 7) is 0. The Morgan fingerprint density at radius 1 is 0.812 bits per heavy atom. The van der Waals surface area contributed by atoms with Crippen molar-refractivity contribution < 1.29 is 0 Å². The van der Waals surface area contributed by atoms with Gasteiger partial charge in [-0.3, -0.25) is 0 Å². The second-order valence-electron chi connectivity index (χ2n) is 4.16. The summed E-state index contributed by atoms with van der Waals surface area (Å²) in [5.41, 5.74) is 11.8. The van der Waals surface area contributed by atoms with Crippen molar-refractivity contribution in [3.8, 4) is 0 Å². The average Bonchev–Trinajstić information content (AvgIpc) is 2.62. The lowest BCUT2D eigenvalue weighted by Gasteiger charge is -2.03. The molecule has 3 heterocycles. The Morgan fingerprint density at radius 3 is 2.50 bits per heavy atom. The summed E-state index contributed by atoms with van der Waals surface area (Å²) >= 11 is 0. The molecule has 0 atom stereocenters. The molecule has 3 aliphatic rings. The molecule has 2 nitrogen and oxygen atoms in total. The van der Waals surface area contributed by atoms with E-state index in [4.69, 9.17) is 0 Å². The standard InChI is InChI=1S/C14H8N2/c15-16-10-6-5-9-7-14(16)12-4-2-1-3-11(12)13(9)8-10/h1-8H. The van der Waals surface area contributed by atoms with Crippen LogP contribution in [0.15, 0.2) is 48.5 Å². The number of benzene rings is 3. The van der Waals surface area contributed by atoms with Crippen LogP contribution in [-0.4, -0.2) is 0 Å².